The van der Waals surface area contributed by atoms with Crippen LogP contribution in [0.15, 0.2) is 105 Å². The normalized spacial score (nSPS) is 11.2. The lowest BCUT2D eigenvalue weighted by Crippen LogP contribution is -2.20. The van der Waals surface area contributed by atoms with Crippen molar-refractivity contribution in [1.82, 2.24) is 9.66 Å². The van der Waals surface area contributed by atoms with Crippen LogP contribution in [0.25, 0.3) is 22.3 Å². The van der Waals surface area contributed by atoms with Gasteiger partial charge in [-0.1, -0.05) is 72.3 Å². The molecule has 0 aliphatic carbocycles. The van der Waals surface area contributed by atoms with Gasteiger partial charge in [0, 0.05) is 15.6 Å². The van der Waals surface area contributed by atoms with Crippen LogP contribution in [0.3, 0.4) is 0 Å². The third kappa shape index (κ3) is 5.32. The Hall–Kier alpha value is -4.23. The SMILES string of the molecule is COc1cc(C=Nn2c(-c3ccccc3)nc3ccccc3c2=O)c(Br)cc1OCc1cccc(C)c1. The molecule has 1 aromatic heterocycles. The molecule has 0 N–H and O–H groups in total. The van der Waals surface area contributed by atoms with Crippen LogP contribution in [-0.2, 0) is 6.61 Å². The van der Waals surface area contributed by atoms with Crippen molar-refractivity contribution in [3.05, 3.63) is 123 Å². The molecule has 0 amide bonds. The van der Waals surface area contributed by atoms with Crippen molar-refractivity contribution in [1.29, 1.82) is 0 Å². The maximum absolute atomic E-state index is 13.4. The minimum atomic E-state index is -0.248. The molecule has 7 heteroatoms. The molecule has 1 heterocycles. The number of aryl methyl sites for hydroxylation is 1. The van der Waals surface area contributed by atoms with Crippen LogP contribution in [0.5, 0.6) is 11.5 Å². The molecule has 37 heavy (non-hydrogen) atoms. The number of rotatable bonds is 7. The van der Waals surface area contributed by atoms with Gasteiger partial charge in [-0.3, -0.25) is 4.79 Å². The first kappa shape index (κ1) is 24.5. The first-order valence-corrected chi connectivity index (χ1v) is 12.5. The first-order chi connectivity index (χ1) is 18.0. The lowest BCUT2D eigenvalue weighted by molar-refractivity contribution is 0.284. The number of methoxy groups -OCH3 is 1. The van der Waals surface area contributed by atoms with Gasteiger partial charge in [-0.2, -0.15) is 9.78 Å². The number of ether oxygens (including phenoxy) is 2. The highest BCUT2D eigenvalue weighted by molar-refractivity contribution is 9.10. The summed E-state index contributed by atoms with van der Waals surface area (Å²) in [4.78, 5) is 18.1. The predicted octanol–water partition coefficient (Wildman–Crippen LogP) is 6.60. The fourth-order valence-corrected chi connectivity index (χ4v) is 4.43. The van der Waals surface area contributed by atoms with Crippen molar-refractivity contribution >= 4 is 33.0 Å². The van der Waals surface area contributed by atoms with Crippen molar-refractivity contribution in [2.45, 2.75) is 13.5 Å². The topological polar surface area (TPSA) is 65.7 Å². The number of nitrogens with zero attached hydrogens (tertiary/aromatic N) is 3. The second kappa shape index (κ2) is 10.8. The Morgan fingerprint density at radius 1 is 0.946 bits per heavy atom. The molecule has 0 saturated heterocycles. The van der Waals surface area contributed by atoms with Gasteiger partial charge in [0.05, 0.1) is 24.2 Å². The van der Waals surface area contributed by atoms with Gasteiger partial charge in [0.1, 0.15) is 6.61 Å². The van der Waals surface area contributed by atoms with Crippen molar-refractivity contribution < 1.29 is 9.47 Å². The number of para-hydroxylation sites is 1. The predicted molar refractivity (Wildman–Crippen MR) is 151 cm³/mol. The molecule has 5 aromatic rings. The number of fused-ring (bicyclic) bond motifs is 1. The van der Waals surface area contributed by atoms with Crippen LogP contribution in [0.1, 0.15) is 16.7 Å². The molecule has 0 fully saturated rings. The number of hydrogen-bond donors (Lipinski definition) is 0. The molecule has 6 nitrogen and oxygen atoms in total. The van der Waals surface area contributed by atoms with E-state index in [2.05, 4.69) is 27.1 Å². The van der Waals surface area contributed by atoms with Crippen LogP contribution in [-0.4, -0.2) is 23.0 Å². The molecule has 4 aromatic carbocycles. The zero-order valence-electron chi connectivity index (χ0n) is 20.4. The minimum Gasteiger partial charge on any atom is -0.493 e. The Bertz CT molecular complexity index is 1660. The third-order valence-electron chi connectivity index (χ3n) is 5.86. The summed E-state index contributed by atoms with van der Waals surface area (Å²) in [6.07, 6.45) is 1.61. The highest BCUT2D eigenvalue weighted by Gasteiger charge is 2.14. The fraction of sp³-hybridized carbons (Fsp3) is 0.100. The van der Waals surface area contributed by atoms with Gasteiger partial charge in [-0.05, 0) is 52.7 Å². The zero-order chi connectivity index (χ0) is 25.8. The van der Waals surface area contributed by atoms with E-state index >= 15 is 0 Å². The van der Waals surface area contributed by atoms with E-state index in [1.165, 1.54) is 10.2 Å². The number of benzene rings is 4. The average molecular weight is 554 g/mol. The summed E-state index contributed by atoms with van der Waals surface area (Å²) in [6.45, 7) is 2.46. The van der Waals surface area contributed by atoms with Crippen LogP contribution >= 0.6 is 15.9 Å². The monoisotopic (exact) mass is 553 g/mol. The van der Waals surface area contributed by atoms with Crippen LogP contribution in [0, 0.1) is 6.92 Å². The van der Waals surface area contributed by atoms with Gasteiger partial charge in [0.2, 0.25) is 0 Å². The fourth-order valence-electron chi connectivity index (χ4n) is 4.01. The lowest BCUT2D eigenvalue weighted by Gasteiger charge is -2.13. The van der Waals surface area contributed by atoms with Gasteiger partial charge in [0.25, 0.3) is 5.56 Å². The number of aromatic nitrogens is 2. The van der Waals surface area contributed by atoms with E-state index in [1.807, 2.05) is 85.8 Å². The number of halogens is 1. The molecule has 0 bridgehead atoms. The second-order valence-electron chi connectivity index (χ2n) is 8.48. The first-order valence-electron chi connectivity index (χ1n) is 11.7. The Morgan fingerprint density at radius 3 is 2.51 bits per heavy atom. The maximum atomic E-state index is 13.4. The Morgan fingerprint density at radius 2 is 1.73 bits per heavy atom. The molecule has 0 radical (unpaired) electrons. The quantitative estimate of drug-likeness (QED) is 0.213. The Balaban J connectivity index is 1.52. The Kier molecular flexibility index (Phi) is 7.14. The molecule has 0 atom stereocenters. The van der Waals surface area contributed by atoms with E-state index in [0.29, 0.717) is 34.8 Å². The Labute approximate surface area is 223 Å². The maximum Gasteiger partial charge on any atom is 0.282 e. The van der Waals surface area contributed by atoms with E-state index in [-0.39, 0.29) is 5.56 Å². The standard InChI is InChI=1S/C30H24BrN3O3/c1-20-9-8-10-21(15-20)19-37-28-17-25(31)23(16-27(28)36-2)18-32-34-29(22-11-4-3-5-12-22)33-26-14-7-6-13-24(26)30(34)35/h3-18H,19H2,1-2H3. The summed E-state index contributed by atoms with van der Waals surface area (Å²) >= 11 is 3.61. The smallest absolute Gasteiger partial charge is 0.282 e. The van der Waals surface area contributed by atoms with Gasteiger partial charge in [-0.15, -0.1) is 0 Å². The molecule has 0 aliphatic rings. The highest BCUT2D eigenvalue weighted by Crippen LogP contribution is 2.33. The van der Waals surface area contributed by atoms with Crippen molar-refractivity contribution in [3.8, 4) is 22.9 Å². The van der Waals surface area contributed by atoms with Gasteiger partial charge >= 0.3 is 0 Å². The van der Waals surface area contributed by atoms with E-state index < -0.39 is 0 Å². The molecule has 0 spiro atoms. The highest BCUT2D eigenvalue weighted by atomic mass is 79.9. The van der Waals surface area contributed by atoms with Crippen molar-refractivity contribution in [3.63, 3.8) is 0 Å². The van der Waals surface area contributed by atoms with Crippen molar-refractivity contribution in [2.24, 2.45) is 5.10 Å². The van der Waals surface area contributed by atoms with Gasteiger partial charge in [0.15, 0.2) is 17.3 Å². The van der Waals surface area contributed by atoms with Crippen LogP contribution < -0.4 is 15.0 Å². The van der Waals surface area contributed by atoms with E-state index in [1.54, 1.807) is 19.4 Å². The molecule has 0 aliphatic heterocycles. The van der Waals surface area contributed by atoms with Crippen LogP contribution in [0.2, 0.25) is 0 Å². The average Bonchev–Trinajstić information content (AvgIpc) is 2.92. The van der Waals surface area contributed by atoms with Crippen molar-refractivity contribution in [2.75, 3.05) is 7.11 Å². The van der Waals surface area contributed by atoms with E-state index in [4.69, 9.17) is 14.5 Å². The summed E-state index contributed by atoms with van der Waals surface area (Å²) in [6, 6.07) is 28.6. The lowest BCUT2D eigenvalue weighted by atomic mass is 10.1. The molecular weight excluding hydrogens is 530 g/mol. The molecule has 5 rings (SSSR count). The molecule has 0 saturated carbocycles. The molecular formula is C30H24BrN3O3. The minimum absolute atomic E-state index is 0.248. The third-order valence-corrected chi connectivity index (χ3v) is 6.54. The van der Waals surface area contributed by atoms with Crippen LogP contribution in [0.4, 0.5) is 0 Å². The summed E-state index contributed by atoms with van der Waals surface area (Å²) in [5.41, 5.74) is 4.13. The molecule has 0 unspecified atom stereocenters. The summed E-state index contributed by atoms with van der Waals surface area (Å²) in [5, 5.41) is 5.06. The van der Waals surface area contributed by atoms with E-state index in [0.717, 1.165) is 21.2 Å². The summed E-state index contributed by atoms with van der Waals surface area (Å²) < 4.78 is 13.7. The largest absolute Gasteiger partial charge is 0.493 e. The zero-order valence-corrected chi connectivity index (χ0v) is 22.0. The summed E-state index contributed by atoms with van der Waals surface area (Å²) in [7, 11) is 1.59. The second-order valence-corrected chi connectivity index (χ2v) is 9.34. The van der Waals surface area contributed by atoms with Gasteiger partial charge in [-0.25, -0.2) is 4.98 Å². The van der Waals surface area contributed by atoms with E-state index in [9.17, 15) is 4.79 Å². The number of hydrogen-bond acceptors (Lipinski definition) is 5. The molecule has 184 valence electrons. The van der Waals surface area contributed by atoms with Gasteiger partial charge < -0.3 is 9.47 Å². The summed E-state index contributed by atoms with van der Waals surface area (Å²) in [5.74, 6) is 1.62.